The Morgan fingerprint density at radius 1 is 0.739 bits per heavy atom. The van der Waals surface area contributed by atoms with Crippen molar-refractivity contribution in [3.63, 3.8) is 0 Å². The van der Waals surface area contributed by atoms with Gasteiger partial charge in [0.05, 0.1) is 6.10 Å². The maximum Gasteiger partial charge on any atom is 0.0540 e. The van der Waals surface area contributed by atoms with E-state index in [9.17, 15) is 0 Å². The van der Waals surface area contributed by atoms with E-state index in [0.29, 0.717) is 12.8 Å². The first-order valence-electron chi connectivity index (χ1n) is 8.65. The molecule has 0 aliphatic heterocycles. The molecule has 0 amide bonds. The van der Waals surface area contributed by atoms with Crippen LogP contribution in [0.4, 0.5) is 0 Å². The van der Waals surface area contributed by atoms with Crippen LogP contribution in [0.5, 0.6) is 0 Å². The summed E-state index contributed by atoms with van der Waals surface area (Å²) < 4.78 is 0. The van der Waals surface area contributed by atoms with E-state index in [4.69, 9.17) is 15.3 Å². The molecule has 3 N–H and O–H groups in total. The Morgan fingerprint density at radius 3 is 1.57 bits per heavy atom. The summed E-state index contributed by atoms with van der Waals surface area (Å²) in [4.78, 5) is 0. The smallest absolute Gasteiger partial charge is 0.0540 e. The van der Waals surface area contributed by atoms with E-state index in [-0.39, 0.29) is 19.3 Å². The molecule has 1 fully saturated rings. The molecule has 0 radical (unpaired) electrons. The zero-order valence-electron chi connectivity index (χ0n) is 13.7. The number of hydrogen-bond acceptors (Lipinski definition) is 3. The van der Waals surface area contributed by atoms with Crippen LogP contribution in [0.2, 0.25) is 0 Å². The highest BCUT2D eigenvalue weighted by molar-refractivity contribution is 5.88. The Morgan fingerprint density at radius 2 is 1.22 bits per heavy atom. The molecule has 0 bridgehead atoms. The molecule has 1 aliphatic rings. The van der Waals surface area contributed by atoms with E-state index in [1.54, 1.807) is 0 Å². The van der Waals surface area contributed by atoms with Crippen molar-refractivity contribution in [3.8, 4) is 0 Å². The standard InChI is InChI=1S/C14H16O2.C6H12O/c15-9-7-11-3-1-5-13-12(8-10-16)4-2-6-14(11)13;7-6-4-2-1-3-5-6/h1-6,15-16H,7-10H2;6-7H,1-5H2. The Labute approximate surface area is 138 Å². The summed E-state index contributed by atoms with van der Waals surface area (Å²) in [5.74, 6) is 0. The van der Waals surface area contributed by atoms with Crippen LogP contribution in [-0.4, -0.2) is 34.6 Å². The van der Waals surface area contributed by atoms with Crippen LogP contribution in [0.25, 0.3) is 10.8 Å². The molecule has 3 heteroatoms. The predicted molar refractivity (Wildman–Crippen MR) is 94.6 cm³/mol. The minimum atomic E-state index is 0.0359. The quantitative estimate of drug-likeness (QED) is 0.811. The lowest BCUT2D eigenvalue weighted by Gasteiger charge is -2.14. The van der Waals surface area contributed by atoms with Crippen LogP contribution in [0.1, 0.15) is 43.2 Å². The molecular formula is C20H28O3. The van der Waals surface area contributed by atoms with Gasteiger partial charge in [0.2, 0.25) is 0 Å². The highest BCUT2D eigenvalue weighted by Gasteiger charge is 2.07. The minimum absolute atomic E-state index is 0.0359. The number of aliphatic hydroxyl groups is 3. The van der Waals surface area contributed by atoms with Gasteiger partial charge in [0.25, 0.3) is 0 Å². The van der Waals surface area contributed by atoms with Crippen molar-refractivity contribution in [3.05, 3.63) is 47.5 Å². The van der Waals surface area contributed by atoms with Crippen molar-refractivity contribution in [1.29, 1.82) is 0 Å². The summed E-state index contributed by atoms with van der Waals surface area (Å²) in [5, 5.41) is 29.3. The summed E-state index contributed by atoms with van der Waals surface area (Å²) in [6, 6.07) is 12.2. The third-order valence-corrected chi connectivity index (χ3v) is 4.44. The maximum absolute atomic E-state index is 9.01. The predicted octanol–water partition coefficient (Wildman–Crippen LogP) is 3.22. The van der Waals surface area contributed by atoms with Gasteiger partial charge in [-0.1, -0.05) is 55.7 Å². The molecule has 0 heterocycles. The number of rotatable bonds is 4. The summed E-state index contributed by atoms with van der Waals surface area (Å²) in [6.45, 7) is 0.340. The fourth-order valence-electron chi connectivity index (χ4n) is 3.20. The van der Waals surface area contributed by atoms with E-state index in [0.717, 1.165) is 12.8 Å². The summed E-state index contributed by atoms with van der Waals surface area (Å²) in [6.07, 6.45) is 7.29. The van der Waals surface area contributed by atoms with Gasteiger partial charge in [-0.2, -0.15) is 0 Å². The number of fused-ring (bicyclic) bond motifs is 1. The summed E-state index contributed by atoms with van der Waals surface area (Å²) in [7, 11) is 0. The van der Waals surface area contributed by atoms with Crippen molar-refractivity contribution in [2.75, 3.05) is 13.2 Å². The van der Waals surface area contributed by atoms with Crippen LogP contribution in [0, 0.1) is 0 Å². The van der Waals surface area contributed by atoms with Crippen LogP contribution in [-0.2, 0) is 12.8 Å². The third kappa shape index (κ3) is 5.31. The molecule has 2 aromatic carbocycles. The van der Waals surface area contributed by atoms with Crippen molar-refractivity contribution in [2.45, 2.75) is 51.0 Å². The second-order valence-electron chi connectivity index (χ2n) is 6.17. The molecule has 23 heavy (non-hydrogen) atoms. The lowest BCUT2D eigenvalue weighted by Crippen LogP contribution is -2.09. The van der Waals surface area contributed by atoms with E-state index in [1.807, 2.05) is 24.3 Å². The molecule has 0 atom stereocenters. The largest absolute Gasteiger partial charge is 0.396 e. The van der Waals surface area contributed by atoms with Gasteiger partial charge >= 0.3 is 0 Å². The molecule has 0 spiro atoms. The van der Waals surface area contributed by atoms with Gasteiger partial charge < -0.3 is 15.3 Å². The topological polar surface area (TPSA) is 60.7 Å². The first-order valence-corrected chi connectivity index (χ1v) is 8.65. The highest BCUT2D eigenvalue weighted by Crippen LogP contribution is 2.23. The van der Waals surface area contributed by atoms with Crippen LogP contribution >= 0.6 is 0 Å². The summed E-state index contributed by atoms with van der Waals surface area (Å²) in [5.41, 5.74) is 2.33. The summed E-state index contributed by atoms with van der Waals surface area (Å²) >= 11 is 0. The van der Waals surface area contributed by atoms with Crippen LogP contribution in [0.3, 0.4) is 0 Å². The lowest BCUT2D eigenvalue weighted by atomic mass is 9.97. The maximum atomic E-state index is 9.01. The van der Waals surface area contributed by atoms with Crippen LogP contribution < -0.4 is 0 Å². The fraction of sp³-hybridized carbons (Fsp3) is 0.500. The Kier molecular flexibility index (Phi) is 7.53. The molecule has 0 aromatic heterocycles. The zero-order valence-corrected chi connectivity index (χ0v) is 13.7. The van der Waals surface area contributed by atoms with Crippen molar-refractivity contribution >= 4 is 10.8 Å². The van der Waals surface area contributed by atoms with Gasteiger partial charge in [-0.05, 0) is 47.6 Å². The Bertz CT molecular complexity index is 543. The average molecular weight is 316 g/mol. The number of hydrogen-bond donors (Lipinski definition) is 3. The molecule has 3 rings (SSSR count). The normalized spacial score (nSPS) is 15.3. The minimum Gasteiger partial charge on any atom is -0.396 e. The lowest BCUT2D eigenvalue weighted by molar-refractivity contribution is 0.130. The van der Waals surface area contributed by atoms with Gasteiger partial charge in [-0.25, -0.2) is 0 Å². The molecule has 2 aromatic rings. The molecule has 1 saturated carbocycles. The monoisotopic (exact) mass is 316 g/mol. The zero-order chi connectivity index (χ0) is 16.5. The van der Waals surface area contributed by atoms with Gasteiger partial charge in [-0.15, -0.1) is 0 Å². The number of benzene rings is 2. The van der Waals surface area contributed by atoms with Crippen LogP contribution in [0.15, 0.2) is 36.4 Å². The SMILES string of the molecule is OC1CCCCC1.OCCc1cccc2c(CCO)cccc12. The van der Waals surface area contributed by atoms with Gasteiger partial charge in [-0.3, -0.25) is 0 Å². The van der Waals surface area contributed by atoms with Crippen molar-refractivity contribution in [1.82, 2.24) is 0 Å². The molecule has 0 unspecified atom stereocenters. The molecule has 0 saturated heterocycles. The average Bonchev–Trinajstić information content (AvgIpc) is 2.58. The van der Waals surface area contributed by atoms with E-state index >= 15 is 0 Å². The highest BCUT2D eigenvalue weighted by atomic mass is 16.3. The first kappa shape index (κ1) is 17.9. The van der Waals surface area contributed by atoms with E-state index in [2.05, 4.69) is 12.1 Å². The fourth-order valence-corrected chi connectivity index (χ4v) is 3.20. The molecule has 126 valence electrons. The van der Waals surface area contributed by atoms with E-state index < -0.39 is 0 Å². The second-order valence-corrected chi connectivity index (χ2v) is 6.17. The van der Waals surface area contributed by atoms with Crippen molar-refractivity contribution in [2.24, 2.45) is 0 Å². The molecule has 3 nitrogen and oxygen atoms in total. The van der Waals surface area contributed by atoms with Gasteiger partial charge in [0.15, 0.2) is 0 Å². The van der Waals surface area contributed by atoms with Gasteiger partial charge in [0, 0.05) is 13.2 Å². The number of aliphatic hydroxyl groups excluding tert-OH is 3. The molecular weight excluding hydrogens is 288 g/mol. The van der Waals surface area contributed by atoms with Gasteiger partial charge in [0.1, 0.15) is 0 Å². The Balaban J connectivity index is 0.000000229. The molecule has 1 aliphatic carbocycles. The second kappa shape index (κ2) is 9.66. The first-order chi connectivity index (χ1) is 11.3. The third-order valence-electron chi connectivity index (χ3n) is 4.44. The Hall–Kier alpha value is -1.42. The van der Waals surface area contributed by atoms with Crippen molar-refractivity contribution < 1.29 is 15.3 Å². The van der Waals surface area contributed by atoms with E-state index in [1.165, 1.54) is 41.2 Å².